The highest BCUT2D eigenvalue weighted by Gasteiger charge is 2.37. The van der Waals surface area contributed by atoms with Crippen LogP contribution in [0.5, 0.6) is 11.5 Å². The van der Waals surface area contributed by atoms with Gasteiger partial charge in [0.25, 0.3) is 5.91 Å². The molecule has 2 aliphatic rings. The standard InChI is InChI=1S/C27H24N2O6/c1-2-4-16-5-3-6-17(11-16)25-24-19(12-20(28-25)27(32)33)14-29(21(24)9-10-30)26(31)18-7-8-22-23(13-18)35-15-34-22/h2-8,11-13,21,30H,9-10,14-15H2,1H3,(H,32,33)/b4-2+/t21-/m1/s1. The molecule has 2 aliphatic heterocycles. The van der Waals surface area contributed by atoms with Crippen LogP contribution in [-0.2, 0) is 6.54 Å². The summed E-state index contributed by atoms with van der Waals surface area (Å²) in [6, 6.07) is 13.7. The highest BCUT2D eigenvalue weighted by Crippen LogP contribution is 2.43. The maximum Gasteiger partial charge on any atom is 0.354 e. The van der Waals surface area contributed by atoms with Crippen molar-refractivity contribution in [1.29, 1.82) is 0 Å². The number of rotatable bonds is 6. The van der Waals surface area contributed by atoms with Crippen LogP contribution in [0.3, 0.4) is 0 Å². The second-order valence-electron chi connectivity index (χ2n) is 8.39. The molecule has 2 N–H and O–H groups in total. The van der Waals surface area contributed by atoms with Gasteiger partial charge in [-0.1, -0.05) is 30.4 Å². The van der Waals surface area contributed by atoms with Crippen molar-refractivity contribution in [1.82, 2.24) is 9.88 Å². The number of aromatic nitrogens is 1. The summed E-state index contributed by atoms with van der Waals surface area (Å²) in [5.74, 6) is -0.305. The Labute approximate surface area is 202 Å². The van der Waals surface area contributed by atoms with Crippen molar-refractivity contribution in [3.8, 4) is 22.8 Å². The number of allylic oxidation sites excluding steroid dienone is 1. The molecule has 0 unspecified atom stereocenters. The van der Waals surface area contributed by atoms with E-state index in [1.165, 1.54) is 6.07 Å². The van der Waals surface area contributed by atoms with Crippen molar-refractivity contribution in [2.24, 2.45) is 0 Å². The fraction of sp³-hybridized carbons (Fsp3) is 0.222. The molecule has 2 aromatic carbocycles. The summed E-state index contributed by atoms with van der Waals surface area (Å²) in [6.45, 7) is 2.09. The fourth-order valence-electron chi connectivity index (χ4n) is 4.70. The second kappa shape index (κ2) is 9.23. The first-order chi connectivity index (χ1) is 17.0. The van der Waals surface area contributed by atoms with Gasteiger partial charge in [0, 0.05) is 29.8 Å². The number of ether oxygens (including phenoxy) is 2. The zero-order valence-electron chi connectivity index (χ0n) is 19.1. The van der Waals surface area contributed by atoms with Gasteiger partial charge in [-0.2, -0.15) is 0 Å². The lowest BCUT2D eigenvalue weighted by atomic mass is 9.94. The average Bonchev–Trinajstić information content (AvgIpc) is 3.48. The predicted octanol–water partition coefficient (Wildman–Crippen LogP) is 4.29. The van der Waals surface area contributed by atoms with Crippen LogP contribution in [0.1, 0.15) is 56.9 Å². The van der Waals surface area contributed by atoms with Crippen molar-refractivity contribution in [3.05, 3.63) is 82.6 Å². The number of carbonyl (C=O) groups excluding carboxylic acids is 1. The quantitative estimate of drug-likeness (QED) is 0.551. The van der Waals surface area contributed by atoms with Gasteiger partial charge in [-0.05, 0) is 54.8 Å². The molecule has 0 bridgehead atoms. The maximum atomic E-state index is 13.6. The highest BCUT2D eigenvalue weighted by atomic mass is 16.7. The average molecular weight is 472 g/mol. The Morgan fingerprint density at radius 2 is 1.97 bits per heavy atom. The van der Waals surface area contributed by atoms with Gasteiger partial charge in [0.05, 0.1) is 11.7 Å². The number of carboxylic acids is 1. The lowest BCUT2D eigenvalue weighted by molar-refractivity contribution is 0.0663. The molecule has 0 fully saturated rings. The second-order valence-corrected chi connectivity index (χ2v) is 8.39. The number of amides is 1. The van der Waals surface area contributed by atoms with Gasteiger partial charge >= 0.3 is 5.97 Å². The Bertz CT molecular complexity index is 1350. The summed E-state index contributed by atoms with van der Waals surface area (Å²) >= 11 is 0. The first-order valence-corrected chi connectivity index (χ1v) is 11.3. The summed E-state index contributed by atoms with van der Waals surface area (Å²) in [5, 5.41) is 19.6. The van der Waals surface area contributed by atoms with Crippen molar-refractivity contribution >= 4 is 18.0 Å². The van der Waals surface area contributed by atoms with Crippen LogP contribution in [0.2, 0.25) is 0 Å². The first kappa shape index (κ1) is 22.6. The van der Waals surface area contributed by atoms with Crippen molar-refractivity contribution < 1.29 is 29.3 Å². The van der Waals surface area contributed by atoms with Gasteiger partial charge < -0.3 is 24.6 Å². The number of benzene rings is 2. The third-order valence-electron chi connectivity index (χ3n) is 6.22. The van der Waals surface area contributed by atoms with Gasteiger partial charge in [-0.3, -0.25) is 4.79 Å². The molecule has 0 spiro atoms. The van der Waals surface area contributed by atoms with E-state index in [2.05, 4.69) is 4.98 Å². The molecule has 0 saturated carbocycles. The fourth-order valence-corrected chi connectivity index (χ4v) is 4.70. The van der Waals surface area contributed by atoms with Gasteiger partial charge in [-0.15, -0.1) is 0 Å². The van der Waals surface area contributed by atoms with Crippen LogP contribution >= 0.6 is 0 Å². The van der Waals surface area contributed by atoms with Crippen LogP contribution in [0, 0.1) is 0 Å². The van der Waals surface area contributed by atoms with Crippen LogP contribution in [0.25, 0.3) is 17.3 Å². The molecule has 0 saturated heterocycles. The van der Waals surface area contributed by atoms with Crippen molar-refractivity contribution in [3.63, 3.8) is 0 Å². The molecule has 5 rings (SSSR count). The zero-order chi connectivity index (χ0) is 24.5. The Morgan fingerprint density at radius 1 is 1.14 bits per heavy atom. The third-order valence-corrected chi connectivity index (χ3v) is 6.22. The molecule has 1 aromatic heterocycles. The number of fused-ring (bicyclic) bond motifs is 2. The van der Waals surface area contributed by atoms with Gasteiger partial charge in [-0.25, -0.2) is 9.78 Å². The lowest BCUT2D eigenvalue weighted by Crippen LogP contribution is -2.30. The summed E-state index contributed by atoms with van der Waals surface area (Å²) in [7, 11) is 0. The van der Waals surface area contributed by atoms with Crippen LogP contribution in [-0.4, -0.2) is 45.4 Å². The molecular weight excluding hydrogens is 448 g/mol. The molecule has 3 heterocycles. The molecule has 0 radical (unpaired) electrons. The summed E-state index contributed by atoms with van der Waals surface area (Å²) in [5.41, 5.74) is 4.01. The molecule has 8 nitrogen and oxygen atoms in total. The van der Waals surface area contributed by atoms with Crippen LogP contribution < -0.4 is 9.47 Å². The smallest absolute Gasteiger partial charge is 0.354 e. The molecule has 1 atom stereocenters. The number of carbonyl (C=O) groups is 2. The Morgan fingerprint density at radius 3 is 2.74 bits per heavy atom. The van der Waals surface area contributed by atoms with E-state index in [0.29, 0.717) is 34.7 Å². The number of nitrogens with zero attached hydrogens (tertiary/aromatic N) is 2. The van der Waals surface area contributed by atoms with E-state index < -0.39 is 12.0 Å². The molecule has 3 aromatic rings. The minimum atomic E-state index is -1.14. The number of pyridine rings is 1. The number of aliphatic hydroxyl groups excluding tert-OH is 1. The molecule has 35 heavy (non-hydrogen) atoms. The van der Waals surface area contributed by atoms with E-state index in [-0.39, 0.29) is 31.5 Å². The number of aliphatic hydroxyl groups is 1. The SMILES string of the molecule is C/C=C/c1cccc(-c2nc(C(=O)O)cc3c2[C@@H](CCO)N(C(=O)c2ccc4c(c2)OCO4)C3)c1. The van der Waals surface area contributed by atoms with E-state index in [9.17, 15) is 19.8 Å². The molecule has 178 valence electrons. The summed E-state index contributed by atoms with van der Waals surface area (Å²) in [4.78, 5) is 31.6. The molecule has 1 amide bonds. The lowest BCUT2D eigenvalue weighted by Gasteiger charge is -2.26. The summed E-state index contributed by atoms with van der Waals surface area (Å²) in [6.07, 6.45) is 4.16. The van der Waals surface area contributed by atoms with Gasteiger partial charge in [0.2, 0.25) is 6.79 Å². The highest BCUT2D eigenvalue weighted by molar-refractivity contribution is 5.96. The van der Waals surface area contributed by atoms with Crippen LogP contribution in [0.15, 0.2) is 54.6 Å². The normalized spacial score (nSPS) is 16.1. The van der Waals surface area contributed by atoms with E-state index in [1.807, 2.05) is 43.3 Å². The minimum Gasteiger partial charge on any atom is -0.477 e. The monoisotopic (exact) mass is 472 g/mol. The number of aromatic carboxylic acids is 1. The zero-order valence-corrected chi connectivity index (χ0v) is 19.1. The predicted molar refractivity (Wildman–Crippen MR) is 128 cm³/mol. The summed E-state index contributed by atoms with van der Waals surface area (Å²) < 4.78 is 10.8. The van der Waals surface area contributed by atoms with Crippen molar-refractivity contribution in [2.75, 3.05) is 13.4 Å². The van der Waals surface area contributed by atoms with E-state index >= 15 is 0 Å². The maximum absolute atomic E-state index is 13.6. The third kappa shape index (κ3) is 4.13. The van der Waals surface area contributed by atoms with Crippen molar-refractivity contribution in [2.45, 2.75) is 25.9 Å². The van der Waals surface area contributed by atoms with E-state index in [4.69, 9.17) is 9.47 Å². The topological polar surface area (TPSA) is 109 Å². The van der Waals surface area contributed by atoms with Crippen LogP contribution in [0.4, 0.5) is 0 Å². The first-order valence-electron chi connectivity index (χ1n) is 11.3. The number of hydrogen-bond acceptors (Lipinski definition) is 6. The molecule has 8 heteroatoms. The molecular formula is C27H24N2O6. The minimum absolute atomic E-state index is 0.0877. The van der Waals surface area contributed by atoms with Gasteiger partial charge in [0.15, 0.2) is 11.5 Å². The Hall–Kier alpha value is -4.17. The van der Waals surface area contributed by atoms with E-state index in [1.54, 1.807) is 23.1 Å². The van der Waals surface area contributed by atoms with Gasteiger partial charge in [0.1, 0.15) is 5.69 Å². The number of carboxylic acid groups (broad SMARTS) is 1. The van der Waals surface area contributed by atoms with E-state index in [0.717, 1.165) is 16.7 Å². The Balaban J connectivity index is 1.61. The largest absolute Gasteiger partial charge is 0.477 e. The Kier molecular flexibility index (Phi) is 5.96. The number of hydrogen-bond donors (Lipinski definition) is 2. The molecule has 0 aliphatic carbocycles.